The third-order valence-electron chi connectivity index (χ3n) is 4.72. The van der Waals surface area contributed by atoms with Gasteiger partial charge in [-0.15, -0.1) is 0 Å². The fourth-order valence-corrected chi connectivity index (χ4v) is 8.92. The molecule has 9 heteroatoms. The lowest BCUT2D eigenvalue weighted by atomic mass is 9.89. The van der Waals surface area contributed by atoms with E-state index in [0.29, 0.717) is 5.56 Å². The van der Waals surface area contributed by atoms with Gasteiger partial charge in [-0.05, 0) is 110 Å². The second-order valence-corrected chi connectivity index (χ2v) is 13.6. The van der Waals surface area contributed by atoms with Crippen LogP contribution >= 0.6 is 15.2 Å². The lowest BCUT2D eigenvalue weighted by Crippen LogP contribution is -2.14. The summed E-state index contributed by atoms with van der Waals surface area (Å²) >= 11 is 0. The van der Waals surface area contributed by atoms with E-state index < -0.39 is 39.6 Å². The van der Waals surface area contributed by atoms with Gasteiger partial charge in [0.15, 0.2) is 5.06 Å². The van der Waals surface area contributed by atoms with Crippen molar-refractivity contribution in [2.45, 2.75) is 105 Å². The molecule has 1 aliphatic rings. The molecule has 0 saturated carbocycles. The van der Waals surface area contributed by atoms with Crippen LogP contribution in [0.25, 0.3) is 6.08 Å². The molecule has 0 atom stereocenters. The Hall–Kier alpha value is -0.940. The molecule has 0 aliphatic heterocycles. The molecule has 1 aromatic rings. The third kappa shape index (κ3) is 7.78. The molecule has 0 spiro atoms. The number of aryl methyl sites for hydroxylation is 1. The quantitative estimate of drug-likeness (QED) is 0.311. The summed E-state index contributed by atoms with van der Waals surface area (Å²) in [6.45, 7) is 13.9. The second-order valence-electron chi connectivity index (χ2n) is 9.50. The predicted octanol–water partition coefficient (Wildman–Crippen LogP) is 7.66. The molecule has 0 saturated heterocycles. The fourth-order valence-electron chi connectivity index (χ4n) is 3.78. The molecular weight excluding hydrogens is 462 g/mol. The lowest BCUT2D eigenvalue weighted by Gasteiger charge is -2.31. The summed E-state index contributed by atoms with van der Waals surface area (Å²) in [6, 6.07) is 3.52. The van der Waals surface area contributed by atoms with Gasteiger partial charge >= 0.3 is 15.2 Å². The van der Waals surface area contributed by atoms with E-state index in [-0.39, 0.29) is 10.8 Å². The molecule has 0 amide bonds. The standard InChI is InChI=1S/C24H40O7P2/c1-16(2)28-32(26,29-17(3)4)24(33(27,30-18(5)6)31-19(7)8)15-20-13-21-11-9-10-12-22(21)23(25)14-20/h13-19,25H,9-12H2,1-8H3. The zero-order valence-electron chi connectivity index (χ0n) is 21.2. The highest BCUT2D eigenvalue weighted by molar-refractivity contribution is 7.79. The predicted molar refractivity (Wildman–Crippen MR) is 133 cm³/mol. The molecular formula is C24H40O7P2. The molecule has 0 fully saturated rings. The average molecular weight is 503 g/mol. The van der Waals surface area contributed by atoms with Gasteiger partial charge in [0.25, 0.3) is 0 Å². The van der Waals surface area contributed by atoms with Crippen molar-refractivity contribution in [1.82, 2.24) is 0 Å². The molecule has 0 heterocycles. The minimum atomic E-state index is -4.12. The van der Waals surface area contributed by atoms with Gasteiger partial charge in [0.1, 0.15) is 5.75 Å². The monoisotopic (exact) mass is 502 g/mol. The largest absolute Gasteiger partial charge is 0.508 e. The van der Waals surface area contributed by atoms with Crippen LogP contribution in [0.3, 0.4) is 0 Å². The van der Waals surface area contributed by atoms with E-state index in [1.54, 1.807) is 61.5 Å². The van der Waals surface area contributed by atoms with Crippen LogP contribution in [0.4, 0.5) is 0 Å². The van der Waals surface area contributed by atoms with Gasteiger partial charge in [-0.1, -0.05) is 6.07 Å². The zero-order valence-corrected chi connectivity index (χ0v) is 22.9. The highest BCUT2D eigenvalue weighted by Gasteiger charge is 2.48. The van der Waals surface area contributed by atoms with Crippen LogP contribution < -0.4 is 0 Å². The smallest absolute Gasteiger partial charge is 0.370 e. The van der Waals surface area contributed by atoms with Crippen molar-refractivity contribution >= 4 is 21.3 Å². The summed E-state index contributed by atoms with van der Waals surface area (Å²) in [6.07, 6.45) is 3.32. The molecule has 7 nitrogen and oxygen atoms in total. The maximum Gasteiger partial charge on any atom is 0.370 e. The molecule has 0 unspecified atom stereocenters. The Morgan fingerprint density at radius 1 is 0.788 bits per heavy atom. The average Bonchev–Trinajstić information content (AvgIpc) is 2.63. The Morgan fingerprint density at radius 3 is 1.64 bits per heavy atom. The first kappa shape index (κ1) is 28.3. The van der Waals surface area contributed by atoms with Crippen molar-refractivity contribution in [2.75, 3.05) is 0 Å². The molecule has 0 bridgehead atoms. The number of hydrogen-bond acceptors (Lipinski definition) is 7. The molecule has 1 N–H and O–H groups in total. The van der Waals surface area contributed by atoms with E-state index in [1.807, 2.05) is 6.07 Å². The second kappa shape index (κ2) is 11.7. The van der Waals surface area contributed by atoms with Gasteiger partial charge in [0, 0.05) is 0 Å². The van der Waals surface area contributed by atoms with Crippen LogP contribution in [0.1, 0.15) is 84.9 Å². The van der Waals surface area contributed by atoms with Crippen molar-refractivity contribution in [3.05, 3.63) is 33.9 Å². The minimum Gasteiger partial charge on any atom is -0.508 e. The molecule has 188 valence electrons. The minimum absolute atomic E-state index is 0.157. The zero-order chi connectivity index (χ0) is 25.0. The van der Waals surface area contributed by atoms with Crippen molar-refractivity contribution in [3.63, 3.8) is 0 Å². The number of hydrogen-bond donors (Lipinski definition) is 1. The summed E-state index contributed by atoms with van der Waals surface area (Å²) in [4.78, 5) is 0. The maximum atomic E-state index is 14.2. The summed E-state index contributed by atoms with van der Waals surface area (Å²) in [5.74, 6) is 0.173. The first-order chi connectivity index (χ1) is 15.3. The summed E-state index contributed by atoms with van der Waals surface area (Å²) in [5.41, 5.74) is 2.50. The van der Waals surface area contributed by atoms with Crippen molar-refractivity contribution < 1.29 is 32.3 Å². The molecule has 0 radical (unpaired) electrons. The van der Waals surface area contributed by atoms with E-state index in [9.17, 15) is 14.2 Å². The van der Waals surface area contributed by atoms with Crippen LogP contribution in [-0.2, 0) is 40.1 Å². The van der Waals surface area contributed by atoms with Crippen molar-refractivity contribution in [3.8, 4) is 5.75 Å². The highest BCUT2D eigenvalue weighted by Crippen LogP contribution is 2.75. The van der Waals surface area contributed by atoms with Gasteiger partial charge in [-0.25, -0.2) is 0 Å². The first-order valence-electron chi connectivity index (χ1n) is 11.8. The van der Waals surface area contributed by atoms with E-state index >= 15 is 0 Å². The molecule has 1 aliphatic carbocycles. The van der Waals surface area contributed by atoms with Crippen LogP contribution in [-0.4, -0.2) is 29.5 Å². The molecule has 33 heavy (non-hydrogen) atoms. The number of phenolic OH excluding ortho intramolecular Hbond substituents is 1. The molecule has 2 rings (SSSR count). The van der Waals surface area contributed by atoms with E-state index in [4.69, 9.17) is 18.1 Å². The first-order valence-corrected chi connectivity index (χ1v) is 14.9. The third-order valence-corrected chi connectivity index (χ3v) is 10.4. The summed E-state index contributed by atoms with van der Waals surface area (Å²) in [7, 11) is -8.24. The Bertz CT molecular complexity index is 867. The number of phenols is 1. The van der Waals surface area contributed by atoms with Crippen LogP contribution in [0.2, 0.25) is 0 Å². The van der Waals surface area contributed by atoms with Crippen LogP contribution in [0.5, 0.6) is 5.75 Å². The Labute approximate surface area is 198 Å². The Kier molecular flexibility index (Phi) is 10.00. The Morgan fingerprint density at radius 2 is 1.21 bits per heavy atom. The topological polar surface area (TPSA) is 91.3 Å². The summed E-state index contributed by atoms with van der Waals surface area (Å²) < 4.78 is 51.7. The number of rotatable bonds is 11. The SMILES string of the molecule is CC(C)OP(=O)(OC(C)C)C(=Cc1cc(O)c2c(c1)CCCC2)P(=O)(OC(C)C)OC(C)C. The lowest BCUT2D eigenvalue weighted by molar-refractivity contribution is 0.138. The van der Waals surface area contributed by atoms with Gasteiger partial charge < -0.3 is 23.2 Å². The molecule has 0 aromatic heterocycles. The Balaban J connectivity index is 2.79. The van der Waals surface area contributed by atoms with Crippen LogP contribution in [0.15, 0.2) is 17.2 Å². The number of fused-ring (bicyclic) bond motifs is 1. The fraction of sp³-hybridized carbons (Fsp3) is 0.667. The van der Waals surface area contributed by atoms with Crippen LogP contribution in [0, 0.1) is 0 Å². The number of benzene rings is 1. The van der Waals surface area contributed by atoms with Gasteiger partial charge in [0.05, 0.1) is 24.4 Å². The summed E-state index contributed by atoms with van der Waals surface area (Å²) in [5, 5.41) is 10.5. The van der Waals surface area contributed by atoms with E-state index in [2.05, 4.69) is 0 Å². The maximum absolute atomic E-state index is 14.2. The van der Waals surface area contributed by atoms with E-state index in [1.165, 1.54) is 6.08 Å². The molecule has 1 aromatic carbocycles. The van der Waals surface area contributed by atoms with E-state index in [0.717, 1.165) is 36.8 Å². The normalized spacial score (nSPS) is 14.9. The highest BCUT2D eigenvalue weighted by atomic mass is 31.2. The van der Waals surface area contributed by atoms with Crippen molar-refractivity contribution in [1.29, 1.82) is 0 Å². The number of aromatic hydroxyl groups is 1. The van der Waals surface area contributed by atoms with Gasteiger partial charge in [0.2, 0.25) is 0 Å². The van der Waals surface area contributed by atoms with Gasteiger partial charge in [-0.2, -0.15) is 0 Å². The van der Waals surface area contributed by atoms with Gasteiger partial charge in [-0.3, -0.25) is 9.13 Å². The van der Waals surface area contributed by atoms with Crippen molar-refractivity contribution in [2.24, 2.45) is 0 Å².